The van der Waals surface area contributed by atoms with Crippen LogP contribution < -0.4 is 5.73 Å². The Morgan fingerprint density at radius 1 is 1.21 bits per heavy atom. The molecule has 78 valence electrons. The standard InChI is InChI=1S/C13H21N/c1-11(13(2,3)10-14)9-12-7-5-4-6-8-12/h4-8,11H,9-10,14H2,1-3H3/t11-/m0/s1. The van der Waals surface area contributed by atoms with Gasteiger partial charge in [-0.15, -0.1) is 0 Å². The first-order valence-corrected chi connectivity index (χ1v) is 5.30. The normalized spacial score (nSPS) is 14.0. The molecule has 1 atom stereocenters. The molecule has 0 heterocycles. The fourth-order valence-corrected chi connectivity index (χ4v) is 1.45. The highest BCUT2D eigenvalue weighted by molar-refractivity contribution is 5.15. The van der Waals surface area contributed by atoms with E-state index in [1.54, 1.807) is 0 Å². The lowest BCUT2D eigenvalue weighted by Crippen LogP contribution is -2.31. The summed E-state index contributed by atoms with van der Waals surface area (Å²) >= 11 is 0. The smallest absolute Gasteiger partial charge is 0.00232 e. The summed E-state index contributed by atoms with van der Waals surface area (Å²) < 4.78 is 0. The molecule has 0 unspecified atom stereocenters. The van der Waals surface area contributed by atoms with E-state index >= 15 is 0 Å². The zero-order valence-corrected chi connectivity index (χ0v) is 9.46. The van der Waals surface area contributed by atoms with Gasteiger partial charge in [-0.05, 0) is 29.9 Å². The topological polar surface area (TPSA) is 26.0 Å². The molecule has 0 amide bonds. The predicted molar refractivity (Wildman–Crippen MR) is 62.1 cm³/mol. The Labute approximate surface area is 87.3 Å². The van der Waals surface area contributed by atoms with Crippen LogP contribution in [0.25, 0.3) is 0 Å². The Balaban J connectivity index is 2.62. The number of rotatable bonds is 4. The van der Waals surface area contributed by atoms with Crippen molar-refractivity contribution >= 4 is 0 Å². The van der Waals surface area contributed by atoms with Gasteiger partial charge in [0.2, 0.25) is 0 Å². The molecule has 0 radical (unpaired) electrons. The van der Waals surface area contributed by atoms with Gasteiger partial charge in [0, 0.05) is 0 Å². The van der Waals surface area contributed by atoms with Gasteiger partial charge < -0.3 is 5.73 Å². The minimum absolute atomic E-state index is 0.232. The van der Waals surface area contributed by atoms with E-state index in [1.807, 2.05) is 0 Å². The van der Waals surface area contributed by atoms with Crippen LogP contribution in [0.1, 0.15) is 26.3 Å². The van der Waals surface area contributed by atoms with Crippen molar-refractivity contribution in [3.05, 3.63) is 35.9 Å². The average molecular weight is 191 g/mol. The summed E-state index contributed by atoms with van der Waals surface area (Å²) in [5.41, 5.74) is 7.40. The molecule has 0 aliphatic heterocycles. The van der Waals surface area contributed by atoms with E-state index in [9.17, 15) is 0 Å². The van der Waals surface area contributed by atoms with Gasteiger partial charge in [-0.25, -0.2) is 0 Å². The second kappa shape index (κ2) is 4.61. The molecule has 0 fully saturated rings. The minimum Gasteiger partial charge on any atom is -0.330 e. The summed E-state index contributed by atoms with van der Waals surface area (Å²) in [6.07, 6.45) is 1.12. The third-order valence-electron chi connectivity index (χ3n) is 3.24. The highest BCUT2D eigenvalue weighted by atomic mass is 14.6. The first-order chi connectivity index (χ1) is 6.56. The SMILES string of the molecule is C[C@@H](Cc1ccccc1)C(C)(C)CN. The fraction of sp³-hybridized carbons (Fsp3) is 0.538. The van der Waals surface area contributed by atoms with Gasteiger partial charge >= 0.3 is 0 Å². The van der Waals surface area contributed by atoms with Gasteiger partial charge in [-0.1, -0.05) is 51.1 Å². The highest BCUT2D eigenvalue weighted by Crippen LogP contribution is 2.27. The van der Waals surface area contributed by atoms with Crippen LogP contribution >= 0.6 is 0 Å². The van der Waals surface area contributed by atoms with Gasteiger partial charge in [-0.2, -0.15) is 0 Å². The zero-order valence-electron chi connectivity index (χ0n) is 9.46. The van der Waals surface area contributed by atoms with E-state index in [1.165, 1.54) is 5.56 Å². The Hall–Kier alpha value is -0.820. The quantitative estimate of drug-likeness (QED) is 0.778. The molecule has 2 N–H and O–H groups in total. The van der Waals surface area contributed by atoms with Crippen molar-refractivity contribution in [3.8, 4) is 0 Å². The van der Waals surface area contributed by atoms with Crippen LogP contribution in [0.15, 0.2) is 30.3 Å². The molecule has 1 aromatic carbocycles. The number of nitrogens with two attached hydrogens (primary N) is 1. The van der Waals surface area contributed by atoms with E-state index in [4.69, 9.17) is 5.73 Å². The lowest BCUT2D eigenvalue weighted by molar-refractivity contribution is 0.240. The summed E-state index contributed by atoms with van der Waals surface area (Å²) in [7, 11) is 0. The van der Waals surface area contributed by atoms with Crippen molar-refractivity contribution in [2.75, 3.05) is 6.54 Å². The Morgan fingerprint density at radius 2 is 1.79 bits per heavy atom. The van der Waals surface area contributed by atoms with Gasteiger partial charge in [-0.3, -0.25) is 0 Å². The summed E-state index contributed by atoms with van der Waals surface area (Å²) in [5, 5.41) is 0. The molecule has 0 saturated heterocycles. The van der Waals surface area contributed by atoms with Gasteiger partial charge in [0.15, 0.2) is 0 Å². The first kappa shape index (κ1) is 11.3. The third kappa shape index (κ3) is 2.85. The van der Waals surface area contributed by atoms with Gasteiger partial charge in [0.05, 0.1) is 0 Å². The fourth-order valence-electron chi connectivity index (χ4n) is 1.45. The Bertz CT molecular complexity index is 264. The number of benzene rings is 1. The maximum atomic E-state index is 5.76. The van der Waals surface area contributed by atoms with Crippen molar-refractivity contribution < 1.29 is 0 Å². The second-order valence-electron chi connectivity index (χ2n) is 4.78. The van der Waals surface area contributed by atoms with Crippen molar-refractivity contribution in [3.63, 3.8) is 0 Å². The minimum atomic E-state index is 0.232. The lowest BCUT2D eigenvalue weighted by Gasteiger charge is -2.30. The zero-order chi connectivity index (χ0) is 10.6. The predicted octanol–water partition coefficient (Wildman–Crippen LogP) is 2.85. The van der Waals surface area contributed by atoms with Crippen molar-refractivity contribution in [2.45, 2.75) is 27.2 Å². The van der Waals surface area contributed by atoms with Crippen LogP contribution in [0.3, 0.4) is 0 Å². The third-order valence-corrected chi connectivity index (χ3v) is 3.24. The van der Waals surface area contributed by atoms with E-state index in [0.717, 1.165) is 13.0 Å². The average Bonchev–Trinajstić information content (AvgIpc) is 2.19. The van der Waals surface area contributed by atoms with E-state index in [2.05, 4.69) is 51.1 Å². The maximum Gasteiger partial charge on any atom is -0.00232 e. The number of hydrogen-bond donors (Lipinski definition) is 1. The summed E-state index contributed by atoms with van der Waals surface area (Å²) in [6.45, 7) is 7.50. The molecular weight excluding hydrogens is 170 g/mol. The van der Waals surface area contributed by atoms with Crippen molar-refractivity contribution in [1.82, 2.24) is 0 Å². The maximum absolute atomic E-state index is 5.76. The van der Waals surface area contributed by atoms with Crippen molar-refractivity contribution in [1.29, 1.82) is 0 Å². The Morgan fingerprint density at radius 3 is 2.29 bits per heavy atom. The van der Waals surface area contributed by atoms with E-state index in [0.29, 0.717) is 5.92 Å². The summed E-state index contributed by atoms with van der Waals surface area (Å²) in [5.74, 6) is 0.620. The van der Waals surface area contributed by atoms with Gasteiger partial charge in [0.25, 0.3) is 0 Å². The van der Waals surface area contributed by atoms with Crippen LogP contribution in [0.4, 0.5) is 0 Å². The second-order valence-corrected chi connectivity index (χ2v) is 4.78. The molecule has 1 rings (SSSR count). The van der Waals surface area contributed by atoms with Gasteiger partial charge in [0.1, 0.15) is 0 Å². The summed E-state index contributed by atoms with van der Waals surface area (Å²) in [6, 6.07) is 10.6. The first-order valence-electron chi connectivity index (χ1n) is 5.30. The molecule has 1 nitrogen and oxygen atoms in total. The monoisotopic (exact) mass is 191 g/mol. The molecule has 0 saturated carbocycles. The number of hydrogen-bond acceptors (Lipinski definition) is 1. The van der Waals surface area contributed by atoms with Crippen molar-refractivity contribution in [2.24, 2.45) is 17.1 Å². The molecule has 0 aliphatic carbocycles. The summed E-state index contributed by atoms with van der Waals surface area (Å²) in [4.78, 5) is 0. The molecular formula is C13H21N. The Kier molecular flexibility index (Phi) is 3.70. The molecule has 1 aromatic rings. The van der Waals surface area contributed by atoms with Crippen LogP contribution in [0, 0.1) is 11.3 Å². The molecule has 0 spiro atoms. The van der Waals surface area contributed by atoms with Crippen LogP contribution in [-0.4, -0.2) is 6.54 Å². The molecule has 14 heavy (non-hydrogen) atoms. The van der Waals surface area contributed by atoms with Crippen LogP contribution in [-0.2, 0) is 6.42 Å². The van der Waals surface area contributed by atoms with Crippen LogP contribution in [0.5, 0.6) is 0 Å². The molecule has 0 bridgehead atoms. The molecule has 0 aromatic heterocycles. The highest BCUT2D eigenvalue weighted by Gasteiger charge is 2.23. The largest absolute Gasteiger partial charge is 0.330 e. The van der Waals surface area contributed by atoms with E-state index < -0.39 is 0 Å². The molecule has 1 heteroatoms. The van der Waals surface area contributed by atoms with E-state index in [-0.39, 0.29) is 5.41 Å². The van der Waals surface area contributed by atoms with Crippen LogP contribution in [0.2, 0.25) is 0 Å². The molecule has 0 aliphatic rings. The lowest BCUT2D eigenvalue weighted by atomic mass is 9.77.